The van der Waals surface area contributed by atoms with Crippen LogP contribution in [0.5, 0.6) is 17.2 Å². The van der Waals surface area contributed by atoms with Gasteiger partial charge in [0.2, 0.25) is 0 Å². The predicted octanol–water partition coefficient (Wildman–Crippen LogP) is 16.0. The highest BCUT2D eigenvalue weighted by Gasteiger charge is 2.59. The van der Waals surface area contributed by atoms with Crippen molar-refractivity contribution in [3.05, 3.63) is 194 Å². The average molecular weight is 1210 g/mol. The number of halogens is 2. The van der Waals surface area contributed by atoms with Crippen molar-refractivity contribution in [1.29, 1.82) is 0 Å². The zero-order chi connectivity index (χ0) is 61.6. The van der Waals surface area contributed by atoms with Crippen LogP contribution in [0.1, 0.15) is 152 Å². The average Bonchev–Trinajstić information content (AvgIpc) is 0.752. The van der Waals surface area contributed by atoms with Gasteiger partial charge in [0.05, 0.1) is 43.2 Å². The lowest BCUT2D eigenvalue weighted by Gasteiger charge is -2.61. The van der Waals surface area contributed by atoms with E-state index in [0.717, 1.165) is 105 Å². The molecule has 3 aliphatic carbocycles. The van der Waals surface area contributed by atoms with Crippen LogP contribution in [0.3, 0.4) is 0 Å². The standard InChI is InChI=1S/2C25H32ClNO2.C25H33NO2/c1-17(29-16-18-8-6-5-7-9-18)15-27-13-12-25(4)23-19(14-22(27)24(25,2)3)21(28)11-10-20(23)26;1-17(29-16-18-8-6-5-7-9-18)15-27-13-12-25(4)20-10-11-21(26)23(28)19(20)14-22(27)24(25,2)3;1-18(28-17-19-9-6-5-7-10-19)16-26-14-13-25(4)21-11-8-12-22(27)20(21)15-23(26)24(25,2)3/h2*5-11,17,22,28H,12-16H2,1-4H3;5-12,18,23,27H,13-17H2,1-4H3/t2*17-,22+,25-;18-,23+,25-/m000/s1. The maximum atomic E-state index is 10.7. The number of hydrogen-bond acceptors (Lipinski definition) is 9. The maximum absolute atomic E-state index is 10.7. The molecule has 86 heavy (non-hydrogen) atoms. The van der Waals surface area contributed by atoms with Gasteiger partial charge in [0, 0.05) is 70.2 Å². The van der Waals surface area contributed by atoms with E-state index < -0.39 is 0 Å². The van der Waals surface area contributed by atoms with Crippen molar-refractivity contribution in [1.82, 2.24) is 14.7 Å². The van der Waals surface area contributed by atoms with Crippen molar-refractivity contribution >= 4 is 23.2 Å². The second-order valence-electron chi connectivity index (χ2n) is 28.5. The first-order chi connectivity index (χ1) is 40.8. The fourth-order valence-corrected chi connectivity index (χ4v) is 17.0. The van der Waals surface area contributed by atoms with E-state index in [4.69, 9.17) is 37.4 Å². The number of phenolic OH excluding ortho intramolecular Hbond substituents is 3. The molecule has 3 aliphatic heterocycles. The number of ether oxygens (including phenoxy) is 3. The topological polar surface area (TPSA) is 98.1 Å². The van der Waals surface area contributed by atoms with E-state index in [9.17, 15) is 15.3 Å². The maximum Gasteiger partial charge on any atom is 0.137 e. The fraction of sp³-hybridized carbons (Fsp3) is 0.520. The van der Waals surface area contributed by atoms with Crippen LogP contribution in [0.25, 0.3) is 0 Å². The van der Waals surface area contributed by atoms with E-state index in [0.29, 0.717) is 54.5 Å². The monoisotopic (exact) mass is 1210 g/mol. The van der Waals surface area contributed by atoms with Crippen LogP contribution in [-0.4, -0.2) is 106 Å². The Morgan fingerprint density at radius 3 is 1.22 bits per heavy atom. The lowest BCUT2D eigenvalue weighted by atomic mass is 9.51. The van der Waals surface area contributed by atoms with Crippen LogP contribution in [0.15, 0.2) is 133 Å². The number of phenols is 3. The highest BCUT2D eigenvalue weighted by atomic mass is 35.5. The molecule has 0 spiro atoms. The molecule has 462 valence electrons. The molecule has 3 fully saturated rings. The summed E-state index contributed by atoms with van der Waals surface area (Å²) in [5.74, 6) is 1.11. The minimum Gasteiger partial charge on any atom is -0.508 e. The van der Waals surface area contributed by atoms with Gasteiger partial charge in [0.25, 0.3) is 0 Å². The van der Waals surface area contributed by atoms with E-state index in [-0.39, 0.29) is 56.6 Å². The van der Waals surface area contributed by atoms with Crippen molar-refractivity contribution in [3.8, 4) is 17.2 Å². The number of benzene rings is 6. The van der Waals surface area contributed by atoms with Gasteiger partial charge in [-0.25, -0.2) is 0 Å². The summed E-state index contributed by atoms with van der Waals surface area (Å²) in [6, 6.07) is 45.8. The minimum absolute atomic E-state index is 0.0257. The molecule has 3 heterocycles. The highest BCUT2D eigenvalue weighted by molar-refractivity contribution is 6.32. The van der Waals surface area contributed by atoms with Crippen LogP contribution < -0.4 is 0 Å². The van der Waals surface area contributed by atoms with Crippen molar-refractivity contribution in [3.63, 3.8) is 0 Å². The first-order valence-electron chi connectivity index (χ1n) is 31.8. The summed E-state index contributed by atoms with van der Waals surface area (Å²) in [7, 11) is 0. The molecule has 6 aliphatic rings. The summed E-state index contributed by atoms with van der Waals surface area (Å²) < 4.78 is 18.5. The van der Waals surface area contributed by atoms with Crippen molar-refractivity contribution in [2.45, 2.75) is 194 Å². The van der Waals surface area contributed by atoms with Crippen molar-refractivity contribution < 1.29 is 29.5 Å². The molecular weight excluding hydrogens is 1110 g/mol. The number of hydrogen-bond donors (Lipinski definition) is 3. The molecule has 3 saturated heterocycles. The molecular formula is C75H97Cl2N3O6. The second-order valence-corrected chi connectivity index (χ2v) is 29.3. The Labute approximate surface area is 525 Å². The summed E-state index contributed by atoms with van der Waals surface area (Å²) in [5, 5.41) is 33.1. The Morgan fingerprint density at radius 2 is 0.779 bits per heavy atom. The molecule has 0 amide bonds. The molecule has 6 aromatic rings. The van der Waals surface area contributed by atoms with Crippen LogP contribution in [0, 0.1) is 16.2 Å². The second kappa shape index (κ2) is 25.5. The zero-order valence-electron chi connectivity index (χ0n) is 53.4. The van der Waals surface area contributed by atoms with Gasteiger partial charge in [-0.3, -0.25) is 14.7 Å². The molecule has 0 aromatic heterocycles. The molecule has 6 aromatic carbocycles. The summed E-state index contributed by atoms with van der Waals surface area (Å²) in [4.78, 5) is 7.74. The first kappa shape index (κ1) is 64.1. The highest BCUT2D eigenvalue weighted by Crippen LogP contribution is 2.61. The molecule has 0 saturated carbocycles. The van der Waals surface area contributed by atoms with Gasteiger partial charge in [0.1, 0.15) is 17.2 Å². The van der Waals surface area contributed by atoms with E-state index in [1.165, 1.54) is 27.8 Å². The third kappa shape index (κ3) is 12.2. The summed E-state index contributed by atoms with van der Waals surface area (Å²) in [6.45, 7) is 35.7. The zero-order valence-corrected chi connectivity index (χ0v) is 54.9. The van der Waals surface area contributed by atoms with Gasteiger partial charge in [-0.2, -0.15) is 0 Å². The minimum atomic E-state index is -0.0499. The normalized spacial score (nSPS) is 26.9. The van der Waals surface area contributed by atoms with Crippen molar-refractivity contribution in [2.24, 2.45) is 16.2 Å². The Morgan fingerprint density at radius 1 is 0.419 bits per heavy atom. The Balaban J connectivity index is 0.000000143. The molecule has 3 N–H and O–H groups in total. The van der Waals surface area contributed by atoms with E-state index >= 15 is 0 Å². The van der Waals surface area contributed by atoms with E-state index in [2.05, 4.69) is 183 Å². The fourth-order valence-electron chi connectivity index (χ4n) is 16.4. The number of aromatic hydroxyl groups is 3. The third-order valence-electron chi connectivity index (χ3n) is 22.9. The van der Waals surface area contributed by atoms with Gasteiger partial charge >= 0.3 is 0 Å². The van der Waals surface area contributed by atoms with Crippen LogP contribution in [0.2, 0.25) is 10.0 Å². The number of fused-ring (bicyclic) bond motifs is 12. The lowest BCUT2D eigenvalue weighted by molar-refractivity contribution is -0.0651. The smallest absolute Gasteiger partial charge is 0.137 e. The molecule has 9 nitrogen and oxygen atoms in total. The molecule has 6 bridgehead atoms. The molecule has 9 atom stereocenters. The number of nitrogens with zero attached hydrogens (tertiary/aromatic N) is 3. The van der Waals surface area contributed by atoms with Crippen LogP contribution in [0.4, 0.5) is 0 Å². The van der Waals surface area contributed by atoms with Gasteiger partial charge in [-0.05, 0) is 158 Å². The molecule has 11 heteroatoms. The van der Waals surface area contributed by atoms with Crippen molar-refractivity contribution in [2.75, 3.05) is 39.3 Å². The van der Waals surface area contributed by atoms with E-state index in [1.807, 2.05) is 42.5 Å². The molecule has 12 rings (SSSR count). The van der Waals surface area contributed by atoms with Gasteiger partial charge < -0.3 is 29.5 Å². The molecule has 0 unspecified atom stereocenters. The summed E-state index contributed by atoms with van der Waals surface area (Å²) >= 11 is 12.9. The number of rotatable bonds is 15. The predicted molar refractivity (Wildman–Crippen MR) is 351 cm³/mol. The molecule has 0 radical (unpaired) electrons. The van der Waals surface area contributed by atoms with E-state index in [1.54, 1.807) is 6.07 Å². The number of likely N-dealkylation sites (tertiary alicyclic amines) is 3. The van der Waals surface area contributed by atoms with Gasteiger partial charge in [-0.1, -0.05) is 195 Å². The van der Waals surface area contributed by atoms with Gasteiger partial charge in [-0.15, -0.1) is 0 Å². The van der Waals surface area contributed by atoms with Crippen LogP contribution >= 0.6 is 23.2 Å². The Kier molecular flexibility index (Phi) is 19.0. The first-order valence-corrected chi connectivity index (χ1v) is 32.6. The van der Waals surface area contributed by atoms with Crippen LogP contribution in [-0.2, 0) is 69.5 Å². The summed E-state index contributed by atoms with van der Waals surface area (Å²) in [6.07, 6.45) is 6.23. The SMILES string of the molecule is C[C@@H](CN1CC[C@@]2(C)c3c(Cl)ccc(O)c3C[C@@H]1C2(C)C)OCc1ccccc1.C[C@@H](CN1CC[C@@]2(C)c3ccc(Cl)c(O)c3C[C@@H]1C2(C)C)OCc1ccccc1.C[C@@H](CN1CC[C@@]2(C)c3cccc(O)c3C[C@@H]1C2(C)C)OCc1ccccc1. The third-order valence-corrected chi connectivity index (χ3v) is 23.6. The number of piperidine rings is 3. The Bertz CT molecular complexity index is 3230. The largest absolute Gasteiger partial charge is 0.508 e. The van der Waals surface area contributed by atoms with Gasteiger partial charge in [0.15, 0.2) is 0 Å². The Hall–Kier alpha value is -4.94. The summed E-state index contributed by atoms with van der Waals surface area (Å²) in [5.41, 5.74) is 11.0. The quantitative estimate of drug-likeness (QED) is 0.0929. The lowest BCUT2D eigenvalue weighted by Crippen LogP contribution is -2.64.